The van der Waals surface area contributed by atoms with E-state index in [0.29, 0.717) is 12.5 Å². The van der Waals surface area contributed by atoms with Gasteiger partial charge in [0.1, 0.15) is 0 Å². The summed E-state index contributed by atoms with van der Waals surface area (Å²) < 4.78 is 1.24. The fourth-order valence-electron chi connectivity index (χ4n) is 1.86. The first-order valence-electron chi connectivity index (χ1n) is 6.30. The minimum Gasteiger partial charge on any atom is -0.405 e. The third-order valence-corrected chi connectivity index (χ3v) is 2.95. The summed E-state index contributed by atoms with van der Waals surface area (Å²) in [6, 6.07) is 1.37. The van der Waals surface area contributed by atoms with Crippen LogP contribution in [0.1, 0.15) is 32.6 Å². The third kappa shape index (κ3) is 4.61. The first-order valence-corrected chi connectivity index (χ1v) is 6.30. The Labute approximate surface area is 106 Å². The fraction of sp³-hybridized carbons (Fsp3) is 0.538. The zero-order chi connectivity index (χ0) is 13.4. The van der Waals surface area contributed by atoms with Gasteiger partial charge in [-0.05, 0) is 25.0 Å². The Kier molecular flexibility index (Phi) is 5.97. The van der Waals surface area contributed by atoms with Gasteiger partial charge < -0.3 is 10.7 Å². The molecule has 0 aliphatic carbocycles. The molecule has 0 spiro atoms. The predicted molar refractivity (Wildman–Crippen MR) is 72.3 cm³/mol. The molecule has 1 aromatic heterocycles. The SMILES string of the molecule is CC(CC=CN)CCCCn1c(=O)cc[nH]c1=O. The Bertz CT molecular complexity index is 459. The van der Waals surface area contributed by atoms with Crippen LogP contribution in [-0.2, 0) is 6.54 Å². The molecule has 0 aliphatic heterocycles. The van der Waals surface area contributed by atoms with Crippen molar-refractivity contribution in [3.05, 3.63) is 45.4 Å². The summed E-state index contributed by atoms with van der Waals surface area (Å²) in [5.41, 5.74) is 4.71. The highest BCUT2D eigenvalue weighted by molar-refractivity contribution is 4.82. The van der Waals surface area contributed by atoms with Gasteiger partial charge in [-0.3, -0.25) is 9.36 Å². The quantitative estimate of drug-likeness (QED) is 0.715. The molecule has 0 radical (unpaired) electrons. The number of aromatic amines is 1. The van der Waals surface area contributed by atoms with Crippen molar-refractivity contribution >= 4 is 0 Å². The Hall–Kier alpha value is -1.78. The highest BCUT2D eigenvalue weighted by atomic mass is 16.2. The lowest BCUT2D eigenvalue weighted by Crippen LogP contribution is -2.33. The van der Waals surface area contributed by atoms with E-state index in [0.717, 1.165) is 25.7 Å². The second kappa shape index (κ2) is 7.53. The molecule has 0 fully saturated rings. The first kappa shape index (κ1) is 14.3. The molecule has 5 nitrogen and oxygen atoms in total. The Morgan fingerprint density at radius 1 is 1.44 bits per heavy atom. The number of hydrogen-bond donors (Lipinski definition) is 2. The summed E-state index contributed by atoms with van der Waals surface area (Å²) in [6.45, 7) is 2.65. The van der Waals surface area contributed by atoms with Gasteiger partial charge in [-0.15, -0.1) is 0 Å². The number of hydrogen-bond acceptors (Lipinski definition) is 3. The molecule has 1 atom stereocenters. The van der Waals surface area contributed by atoms with E-state index in [1.165, 1.54) is 16.8 Å². The molecular formula is C13H21N3O2. The van der Waals surface area contributed by atoms with Gasteiger partial charge >= 0.3 is 5.69 Å². The highest BCUT2D eigenvalue weighted by Gasteiger charge is 2.02. The van der Waals surface area contributed by atoms with E-state index in [-0.39, 0.29) is 11.2 Å². The molecule has 1 unspecified atom stereocenters. The van der Waals surface area contributed by atoms with Gasteiger partial charge in [0.15, 0.2) is 0 Å². The van der Waals surface area contributed by atoms with Crippen molar-refractivity contribution in [2.24, 2.45) is 11.7 Å². The minimum atomic E-state index is -0.332. The summed E-state index contributed by atoms with van der Waals surface area (Å²) in [6.07, 6.45) is 8.79. The zero-order valence-electron chi connectivity index (χ0n) is 10.8. The van der Waals surface area contributed by atoms with Crippen LogP contribution < -0.4 is 17.0 Å². The van der Waals surface area contributed by atoms with Crippen LogP contribution in [0.4, 0.5) is 0 Å². The smallest absolute Gasteiger partial charge is 0.328 e. The number of aromatic nitrogens is 2. The van der Waals surface area contributed by atoms with Gasteiger partial charge in [0, 0.05) is 18.8 Å². The number of H-pyrrole nitrogens is 1. The maximum Gasteiger partial charge on any atom is 0.328 e. The van der Waals surface area contributed by atoms with E-state index in [9.17, 15) is 9.59 Å². The van der Waals surface area contributed by atoms with Gasteiger partial charge in [0.25, 0.3) is 5.56 Å². The molecule has 18 heavy (non-hydrogen) atoms. The summed E-state index contributed by atoms with van der Waals surface area (Å²) in [4.78, 5) is 25.3. The Morgan fingerprint density at radius 3 is 2.89 bits per heavy atom. The maximum absolute atomic E-state index is 11.4. The van der Waals surface area contributed by atoms with Crippen molar-refractivity contribution in [2.45, 2.75) is 39.2 Å². The van der Waals surface area contributed by atoms with Crippen molar-refractivity contribution in [1.82, 2.24) is 9.55 Å². The molecule has 1 heterocycles. The van der Waals surface area contributed by atoms with E-state index < -0.39 is 0 Å². The van der Waals surface area contributed by atoms with Crippen LogP contribution in [0.3, 0.4) is 0 Å². The molecule has 0 bridgehead atoms. The monoisotopic (exact) mass is 251 g/mol. The lowest BCUT2D eigenvalue weighted by molar-refractivity contribution is 0.474. The number of unbranched alkanes of at least 4 members (excludes halogenated alkanes) is 1. The van der Waals surface area contributed by atoms with Crippen LogP contribution in [0.15, 0.2) is 34.1 Å². The predicted octanol–water partition coefficient (Wildman–Crippen LogP) is 1.21. The molecule has 0 saturated heterocycles. The molecule has 3 N–H and O–H groups in total. The van der Waals surface area contributed by atoms with Gasteiger partial charge in [-0.2, -0.15) is 0 Å². The summed E-state index contributed by atoms with van der Waals surface area (Å²) >= 11 is 0. The summed E-state index contributed by atoms with van der Waals surface area (Å²) in [5.74, 6) is 0.579. The molecule has 5 heteroatoms. The third-order valence-electron chi connectivity index (χ3n) is 2.95. The van der Waals surface area contributed by atoms with Gasteiger partial charge in [0.2, 0.25) is 0 Å². The molecule has 1 aromatic rings. The number of nitrogens with two attached hydrogens (primary N) is 1. The Morgan fingerprint density at radius 2 is 2.22 bits per heavy atom. The molecule has 1 rings (SSSR count). The zero-order valence-corrected chi connectivity index (χ0v) is 10.8. The maximum atomic E-state index is 11.4. The second-order valence-electron chi connectivity index (χ2n) is 4.54. The molecule has 0 aliphatic rings. The largest absolute Gasteiger partial charge is 0.405 e. The second-order valence-corrected chi connectivity index (χ2v) is 4.54. The van der Waals surface area contributed by atoms with Gasteiger partial charge in [-0.25, -0.2) is 4.79 Å². The summed E-state index contributed by atoms with van der Waals surface area (Å²) in [7, 11) is 0. The first-order chi connectivity index (χ1) is 8.65. The standard InChI is InChI=1S/C13H21N3O2/c1-11(6-4-8-14)5-2-3-10-16-12(17)7-9-15-13(16)18/h4,7-9,11H,2-3,5-6,10,14H2,1H3,(H,15,18). The number of nitrogens with zero attached hydrogens (tertiary/aromatic N) is 1. The average molecular weight is 251 g/mol. The lowest BCUT2D eigenvalue weighted by Gasteiger charge is -2.08. The summed E-state index contributed by atoms with van der Waals surface area (Å²) in [5, 5.41) is 0. The normalized spacial score (nSPS) is 12.9. The average Bonchev–Trinajstić information content (AvgIpc) is 2.35. The van der Waals surface area contributed by atoms with Crippen molar-refractivity contribution < 1.29 is 0 Å². The number of rotatable bonds is 7. The van der Waals surface area contributed by atoms with Crippen molar-refractivity contribution in [3.63, 3.8) is 0 Å². The van der Waals surface area contributed by atoms with Crippen molar-refractivity contribution in [2.75, 3.05) is 0 Å². The van der Waals surface area contributed by atoms with E-state index in [1.54, 1.807) is 6.20 Å². The molecule has 100 valence electrons. The number of nitrogens with one attached hydrogen (secondary N) is 1. The van der Waals surface area contributed by atoms with Crippen LogP contribution in [0.25, 0.3) is 0 Å². The fourth-order valence-corrected chi connectivity index (χ4v) is 1.86. The van der Waals surface area contributed by atoms with Gasteiger partial charge in [-0.1, -0.05) is 25.8 Å². The Balaban J connectivity index is 2.34. The minimum absolute atomic E-state index is 0.238. The topological polar surface area (TPSA) is 80.9 Å². The van der Waals surface area contributed by atoms with Crippen molar-refractivity contribution in [1.29, 1.82) is 0 Å². The van der Waals surface area contributed by atoms with E-state index in [1.807, 2.05) is 6.08 Å². The van der Waals surface area contributed by atoms with Crippen molar-refractivity contribution in [3.8, 4) is 0 Å². The molecular weight excluding hydrogens is 230 g/mol. The van der Waals surface area contributed by atoms with Crippen LogP contribution in [0.5, 0.6) is 0 Å². The van der Waals surface area contributed by atoms with Crippen LogP contribution in [0, 0.1) is 5.92 Å². The van der Waals surface area contributed by atoms with Crippen LogP contribution in [-0.4, -0.2) is 9.55 Å². The van der Waals surface area contributed by atoms with Crippen LogP contribution >= 0.6 is 0 Å². The molecule has 0 saturated carbocycles. The molecule has 0 aromatic carbocycles. The van der Waals surface area contributed by atoms with E-state index in [2.05, 4.69) is 11.9 Å². The lowest BCUT2D eigenvalue weighted by atomic mass is 10.0. The van der Waals surface area contributed by atoms with E-state index in [4.69, 9.17) is 5.73 Å². The van der Waals surface area contributed by atoms with E-state index >= 15 is 0 Å². The highest BCUT2D eigenvalue weighted by Crippen LogP contribution is 2.12. The molecule has 0 amide bonds. The van der Waals surface area contributed by atoms with Crippen LogP contribution in [0.2, 0.25) is 0 Å². The number of allylic oxidation sites excluding steroid dienone is 1. The van der Waals surface area contributed by atoms with Gasteiger partial charge in [0.05, 0.1) is 0 Å².